The van der Waals surface area contributed by atoms with Gasteiger partial charge < -0.3 is 65.6 Å². The molecule has 0 aliphatic rings. The molecule has 60 heavy (non-hydrogen) atoms. The van der Waals surface area contributed by atoms with E-state index < -0.39 is 129 Å². The molecule has 0 aromatic carbocycles. The minimum absolute atomic E-state index is 0.284. The minimum atomic E-state index is -5.48. The van der Waals surface area contributed by atoms with Gasteiger partial charge >= 0.3 is 15.6 Å². The summed E-state index contributed by atoms with van der Waals surface area (Å²) in [6.07, 6.45) is -4.33. The van der Waals surface area contributed by atoms with Crippen LogP contribution in [0.25, 0.3) is 0 Å². The fraction of sp³-hybridized carbons (Fsp3) is 1.00. The summed E-state index contributed by atoms with van der Waals surface area (Å²) in [5, 5.41) is 0. The Morgan fingerprint density at radius 3 is 0.800 bits per heavy atom. The Kier molecular flexibility index (Phi) is 29.7. The first-order valence-electron chi connectivity index (χ1n) is 19.5. The van der Waals surface area contributed by atoms with Crippen LogP contribution in [0.5, 0.6) is 0 Å². The first-order valence-corrected chi connectivity index (χ1v) is 28.3. The molecule has 2 N–H and O–H groups in total. The second kappa shape index (κ2) is 29.3. The molecule has 24 nitrogen and oxygen atoms in total. The number of hydrogen-bond acceptors (Lipinski definition) is 22. The van der Waals surface area contributed by atoms with Crippen molar-refractivity contribution in [1.82, 2.24) is 0 Å². The van der Waals surface area contributed by atoms with E-state index in [0.29, 0.717) is 25.7 Å². The highest BCUT2D eigenvalue weighted by molar-refractivity contribution is 7.48. The lowest BCUT2D eigenvalue weighted by molar-refractivity contribution is -0.246. The van der Waals surface area contributed by atoms with E-state index in [2.05, 4.69) is 0 Å². The highest BCUT2D eigenvalue weighted by atomic mass is 31.2. The largest absolute Gasteiger partial charge is 0.756 e. The maximum Gasteiger partial charge on any atom is 0.472 e. The monoisotopic (exact) mass is 994 g/mol. The first kappa shape index (κ1) is 60.7. The van der Waals surface area contributed by atoms with Gasteiger partial charge in [-0.2, -0.15) is 0 Å². The van der Waals surface area contributed by atoms with Crippen LogP contribution < -0.4 is 19.6 Å². The lowest BCUT2D eigenvalue weighted by Gasteiger charge is -2.33. The van der Waals surface area contributed by atoms with E-state index in [9.17, 15) is 56.8 Å². The fourth-order valence-corrected chi connectivity index (χ4v) is 10.7. The Balaban J connectivity index is 5.80. The molecule has 7 atom stereocenters. The zero-order valence-corrected chi connectivity index (χ0v) is 40.9. The summed E-state index contributed by atoms with van der Waals surface area (Å²) in [5.74, 6) is -1.10. The second-order valence-corrected chi connectivity index (χ2v) is 21.5. The van der Waals surface area contributed by atoms with Crippen molar-refractivity contribution in [3.63, 3.8) is 0 Å². The van der Waals surface area contributed by atoms with Gasteiger partial charge in [0, 0.05) is 5.92 Å². The van der Waals surface area contributed by atoms with Crippen molar-refractivity contribution >= 4 is 46.9 Å². The van der Waals surface area contributed by atoms with Gasteiger partial charge in [0.05, 0.1) is 64.1 Å². The Hall–Kier alpha value is 0.660. The van der Waals surface area contributed by atoms with Crippen LogP contribution in [0.2, 0.25) is 0 Å². The van der Waals surface area contributed by atoms with E-state index in [4.69, 9.17) is 54.3 Å². The van der Waals surface area contributed by atoms with Crippen LogP contribution in [0.1, 0.15) is 114 Å². The molecule has 0 radical (unpaired) electrons. The van der Waals surface area contributed by atoms with Gasteiger partial charge in [-0.05, 0) is 51.4 Å². The molecule has 0 saturated carbocycles. The maximum absolute atomic E-state index is 12.8. The number of rotatable bonds is 38. The van der Waals surface area contributed by atoms with E-state index in [1.165, 1.54) is 6.92 Å². The average molecular weight is 995 g/mol. The molecule has 0 aromatic heterocycles. The topological polar surface area (TPSA) is 346 Å². The van der Waals surface area contributed by atoms with Crippen molar-refractivity contribution in [3.8, 4) is 0 Å². The highest BCUT2D eigenvalue weighted by Crippen LogP contribution is 2.50. The summed E-state index contributed by atoms with van der Waals surface area (Å²) in [7, 11) is -30.7. The quantitative estimate of drug-likeness (QED) is 0.0732. The zero-order chi connectivity index (χ0) is 46.4. The van der Waals surface area contributed by atoms with Crippen molar-refractivity contribution in [3.05, 3.63) is 0 Å². The van der Waals surface area contributed by atoms with Gasteiger partial charge in [-0.1, -0.05) is 62.3 Å². The van der Waals surface area contributed by atoms with Crippen LogP contribution in [0.4, 0.5) is 0 Å². The van der Waals surface area contributed by atoms with E-state index in [-0.39, 0.29) is 25.7 Å². The summed E-state index contributed by atoms with van der Waals surface area (Å²) in [4.78, 5) is 70.7. The third-order valence-electron chi connectivity index (χ3n) is 8.04. The number of hydrogen-bond donors (Lipinski definition) is 2. The molecule has 0 fully saturated rings. The van der Waals surface area contributed by atoms with Gasteiger partial charge in [-0.15, -0.1) is 0 Å². The van der Waals surface area contributed by atoms with Gasteiger partial charge in [0.25, 0.3) is 31.3 Å². The predicted molar refractivity (Wildman–Crippen MR) is 207 cm³/mol. The maximum atomic E-state index is 12.8. The molecule has 0 spiro atoms. The summed E-state index contributed by atoms with van der Waals surface area (Å²) in [6.45, 7) is 8.62. The number of phosphoric acid groups is 6. The van der Waals surface area contributed by atoms with Crippen LogP contribution in [0, 0.1) is 5.92 Å². The Morgan fingerprint density at radius 1 is 0.350 bits per heavy atom. The Labute approximate surface area is 353 Å². The van der Waals surface area contributed by atoms with Gasteiger partial charge in [0.1, 0.15) is 12.2 Å². The SMILES string of the molecule is CCC(CC)OP(=O)([O-])OCC(COP(=O)([O-])OC(CC)CC)OP(=O)([O-])OCC(C)COP(=O)([O-])OC(COP(=O)(O)OC(CC)CC)COP(=O)(O)OC(CC)CC. The number of phosphoric ester groups is 6. The van der Waals surface area contributed by atoms with Gasteiger partial charge in [0.2, 0.25) is 0 Å². The van der Waals surface area contributed by atoms with Crippen LogP contribution in [0.15, 0.2) is 0 Å². The summed E-state index contributed by atoms with van der Waals surface area (Å²) >= 11 is 0. The van der Waals surface area contributed by atoms with Gasteiger partial charge in [-0.3, -0.25) is 36.4 Å². The van der Waals surface area contributed by atoms with E-state index in [1.807, 2.05) is 0 Å². The third kappa shape index (κ3) is 28.5. The molecular formula is C30H64O24P6-4. The van der Waals surface area contributed by atoms with Crippen molar-refractivity contribution in [2.24, 2.45) is 5.92 Å². The summed E-state index contributed by atoms with van der Waals surface area (Å²) in [5.41, 5.74) is 0. The summed E-state index contributed by atoms with van der Waals surface area (Å²) < 4.78 is 134. The molecule has 0 aromatic rings. The Bertz CT molecular complexity index is 1290. The van der Waals surface area contributed by atoms with Gasteiger partial charge in [-0.25, -0.2) is 9.13 Å². The van der Waals surface area contributed by atoms with Crippen LogP contribution in [-0.4, -0.2) is 86.1 Å². The standard InChI is InChI=1S/C30H68O24P6/c1-10-25(11-2)49-57(35,36)45-20-29(21-46-58(37,38)50-26(12-3)13-4)53-55(31,32)43-18-24(9)19-44-56(33,34)54-30(22-47-59(39,40)51-27(14-5)15-6)23-48-60(41,42)52-28(16-7)17-8/h24-30H,10-23H2,1-9H3,(H,31,32)(H,33,34)(H,35,36)(H,37,38)(H,39,40)(H,41,42)/p-4. The third-order valence-corrected chi connectivity index (χ3v) is 14.2. The van der Waals surface area contributed by atoms with Crippen LogP contribution in [-0.2, 0) is 81.7 Å². The molecule has 0 rings (SSSR count). The van der Waals surface area contributed by atoms with Gasteiger partial charge in [0.15, 0.2) is 0 Å². The fourth-order valence-electron chi connectivity index (χ4n) is 4.45. The van der Waals surface area contributed by atoms with Crippen molar-refractivity contribution < 1.29 is 111 Å². The molecular weight excluding hydrogens is 930 g/mol. The smallest absolute Gasteiger partial charge is 0.472 e. The molecule has 0 aliphatic heterocycles. The molecule has 0 bridgehead atoms. The summed E-state index contributed by atoms with van der Waals surface area (Å²) in [6, 6.07) is 0. The zero-order valence-electron chi connectivity index (χ0n) is 35.5. The lowest BCUT2D eigenvalue weighted by Crippen LogP contribution is -2.30. The molecule has 0 saturated heterocycles. The van der Waals surface area contributed by atoms with Crippen LogP contribution >= 0.6 is 46.9 Å². The predicted octanol–water partition coefficient (Wildman–Crippen LogP) is 5.39. The molecule has 0 aliphatic carbocycles. The molecule has 30 heteroatoms. The molecule has 0 amide bonds. The highest BCUT2D eigenvalue weighted by Gasteiger charge is 2.33. The van der Waals surface area contributed by atoms with Crippen molar-refractivity contribution in [2.75, 3.05) is 39.6 Å². The van der Waals surface area contributed by atoms with Crippen molar-refractivity contribution in [1.29, 1.82) is 0 Å². The molecule has 362 valence electrons. The van der Waals surface area contributed by atoms with E-state index in [1.54, 1.807) is 55.4 Å². The minimum Gasteiger partial charge on any atom is -0.756 e. The lowest BCUT2D eigenvalue weighted by atomic mass is 10.2. The Morgan fingerprint density at radius 2 is 0.550 bits per heavy atom. The van der Waals surface area contributed by atoms with Crippen LogP contribution in [0.3, 0.4) is 0 Å². The second-order valence-electron chi connectivity index (χ2n) is 13.2. The van der Waals surface area contributed by atoms with E-state index >= 15 is 0 Å². The first-order chi connectivity index (χ1) is 27.6. The normalized spacial score (nSPS) is 20.2. The molecule has 7 unspecified atom stereocenters. The average Bonchev–Trinajstić information content (AvgIpc) is 3.17. The van der Waals surface area contributed by atoms with Crippen molar-refractivity contribution in [2.45, 2.75) is 150 Å². The molecule has 0 heterocycles. The van der Waals surface area contributed by atoms with E-state index in [0.717, 1.165) is 0 Å².